The van der Waals surface area contributed by atoms with Crippen LogP contribution in [-0.2, 0) is 19.4 Å². The van der Waals surface area contributed by atoms with Gasteiger partial charge >= 0.3 is 0 Å². The molecule has 4 nitrogen and oxygen atoms in total. The Balaban J connectivity index is 1.93. The van der Waals surface area contributed by atoms with Crippen molar-refractivity contribution in [3.63, 3.8) is 0 Å². The lowest BCUT2D eigenvalue weighted by Crippen LogP contribution is -2.38. The summed E-state index contributed by atoms with van der Waals surface area (Å²) in [5.41, 5.74) is 1.29. The van der Waals surface area contributed by atoms with Crippen molar-refractivity contribution in [2.24, 2.45) is 4.99 Å². The molecule has 0 saturated carbocycles. The minimum Gasteiger partial charge on any atom is -0.357 e. The lowest BCUT2D eigenvalue weighted by molar-refractivity contribution is 0.477. The summed E-state index contributed by atoms with van der Waals surface area (Å²) in [6.45, 7) is 6.74. The molecule has 2 rings (SSSR count). The number of benzene rings is 1. The first-order chi connectivity index (χ1) is 11.2. The maximum absolute atomic E-state index is 4.74. The molecule has 0 aliphatic rings. The van der Waals surface area contributed by atoms with E-state index in [2.05, 4.69) is 60.4 Å². The summed E-state index contributed by atoms with van der Waals surface area (Å²) >= 11 is 1.79. The minimum atomic E-state index is 0.762. The van der Waals surface area contributed by atoms with Crippen LogP contribution in [0, 0.1) is 0 Å². The molecule has 1 aromatic carbocycles. The summed E-state index contributed by atoms with van der Waals surface area (Å²) < 4.78 is 0. The number of rotatable bonds is 7. The van der Waals surface area contributed by atoms with Gasteiger partial charge < -0.3 is 10.2 Å². The molecule has 1 N–H and O–H groups in total. The van der Waals surface area contributed by atoms with Gasteiger partial charge in [0.15, 0.2) is 5.96 Å². The van der Waals surface area contributed by atoms with Crippen molar-refractivity contribution in [1.82, 2.24) is 15.2 Å². The average Bonchev–Trinajstić information content (AvgIpc) is 3.03. The molecule has 124 valence electrons. The smallest absolute Gasteiger partial charge is 0.193 e. The summed E-state index contributed by atoms with van der Waals surface area (Å²) in [4.78, 5) is 12.7. The number of nitrogens with zero attached hydrogens (tertiary/aromatic N) is 3. The van der Waals surface area contributed by atoms with Crippen LogP contribution in [0.5, 0.6) is 0 Å². The maximum Gasteiger partial charge on any atom is 0.193 e. The summed E-state index contributed by atoms with van der Waals surface area (Å²) in [5, 5.41) is 4.54. The molecular formula is C18H26N4S. The van der Waals surface area contributed by atoms with Gasteiger partial charge in [-0.15, -0.1) is 11.3 Å². The largest absolute Gasteiger partial charge is 0.357 e. The van der Waals surface area contributed by atoms with E-state index in [0.717, 1.165) is 38.4 Å². The van der Waals surface area contributed by atoms with Gasteiger partial charge in [-0.1, -0.05) is 37.3 Å². The van der Waals surface area contributed by atoms with Gasteiger partial charge in [-0.2, -0.15) is 0 Å². The fourth-order valence-electron chi connectivity index (χ4n) is 2.29. The van der Waals surface area contributed by atoms with Crippen molar-refractivity contribution in [2.75, 3.05) is 20.1 Å². The number of aromatic nitrogens is 1. The van der Waals surface area contributed by atoms with E-state index in [1.165, 1.54) is 15.4 Å². The van der Waals surface area contributed by atoms with E-state index >= 15 is 0 Å². The molecule has 23 heavy (non-hydrogen) atoms. The lowest BCUT2D eigenvalue weighted by Gasteiger charge is -2.22. The monoisotopic (exact) mass is 330 g/mol. The van der Waals surface area contributed by atoms with Gasteiger partial charge in [0, 0.05) is 44.2 Å². The van der Waals surface area contributed by atoms with Gasteiger partial charge in [0.1, 0.15) is 0 Å². The summed E-state index contributed by atoms with van der Waals surface area (Å²) in [7, 11) is 2.08. The number of aliphatic imine (C=N–C) groups is 1. The first-order valence-electron chi connectivity index (χ1n) is 8.19. The van der Waals surface area contributed by atoms with E-state index in [4.69, 9.17) is 4.99 Å². The Hall–Kier alpha value is -1.88. The number of thiazole rings is 1. The predicted octanol–water partition coefficient (Wildman–Crippen LogP) is 3.35. The van der Waals surface area contributed by atoms with Crippen LogP contribution in [0.1, 0.15) is 29.3 Å². The van der Waals surface area contributed by atoms with Crippen molar-refractivity contribution in [3.8, 4) is 0 Å². The Morgan fingerprint density at radius 3 is 2.70 bits per heavy atom. The van der Waals surface area contributed by atoms with Crippen LogP contribution in [0.25, 0.3) is 0 Å². The molecule has 0 saturated heterocycles. The highest BCUT2D eigenvalue weighted by Gasteiger charge is 2.06. The number of guanidine groups is 1. The quantitative estimate of drug-likeness (QED) is 0.625. The molecule has 1 aromatic heterocycles. The van der Waals surface area contributed by atoms with Crippen LogP contribution in [0.15, 0.2) is 41.5 Å². The van der Waals surface area contributed by atoms with Crippen LogP contribution < -0.4 is 5.32 Å². The van der Waals surface area contributed by atoms with E-state index in [0.29, 0.717) is 0 Å². The number of nitrogens with one attached hydrogen (secondary N) is 1. The fraction of sp³-hybridized carbons (Fsp3) is 0.444. The molecule has 0 unspecified atom stereocenters. The molecule has 0 aliphatic heterocycles. The highest BCUT2D eigenvalue weighted by atomic mass is 32.1. The maximum atomic E-state index is 4.74. The first-order valence-corrected chi connectivity index (χ1v) is 9.01. The van der Waals surface area contributed by atoms with Crippen LogP contribution in [0.3, 0.4) is 0 Å². The number of hydrogen-bond acceptors (Lipinski definition) is 3. The SMILES string of the molecule is CCNC(=NCCc1ncc(CC)s1)N(C)Cc1ccccc1. The molecule has 0 spiro atoms. The molecule has 5 heteroatoms. The Morgan fingerprint density at radius 2 is 2.04 bits per heavy atom. The van der Waals surface area contributed by atoms with Crippen LogP contribution in [-0.4, -0.2) is 36.0 Å². The van der Waals surface area contributed by atoms with E-state index < -0.39 is 0 Å². The molecular weight excluding hydrogens is 304 g/mol. The van der Waals surface area contributed by atoms with Gasteiger partial charge in [0.2, 0.25) is 0 Å². The highest BCUT2D eigenvalue weighted by molar-refractivity contribution is 7.11. The second kappa shape index (κ2) is 9.30. The Labute approximate surface area is 143 Å². The van der Waals surface area contributed by atoms with Crippen molar-refractivity contribution >= 4 is 17.3 Å². The Kier molecular flexibility index (Phi) is 7.07. The molecule has 0 atom stereocenters. The topological polar surface area (TPSA) is 40.5 Å². The molecule has 0 aliphatic carbocycles. The van der Waals surface area contributed by atoms with Crippen molar-refractivity contribution in [2.45, 2.75) is 33.2 Å². The second-order valence-electron chi connectivity index (χ2n) is 5.40. The van der Waals surface area contributed by atoms with Gasteiger partial charge in [0.25, 0.3) is 0 Å². The Bertz CT molecular complexity index is 606. The van der Waals surface area contributed by atoms with E-state index in [-0.39, 0.29) is 0 Å². The van der Waals surface area contributed by atoms with Crippen LogP contribution in [0.2, 0.25) is 0 Å². The summed E-state index contributed by atoms with van der Waals surface area (Å²) in [5.74, 6) is 0.948. The van der Waals surface area contributed by atoms with Crippen LogP contribution >= 0.6 is 11.3 Å². The zero-order valence-electron chi connectivity index (χ0n) is 14.2. The zero-order chi connectivity index (χ0) is 16.5. The van der Waals surface area contributed by atoms with Crippen molar-refractivity contribution in [3.05, 3.63) is 52.0 Å². The fourth-order valence-corrected chi connectivity index (χ4v) is 3.14. The Morgan fingerprint density at radius 1 is 1.26 bits per heavy atom. The number of aryl methyl sites for hydroxylation is 1. The molecule has 2 aromatic rings. The van der Waals surface area contributed by atoms with Gasteiger partial charge in [0.05, 0.1) is 5.01 Å². The zero-order valence-corrected chi connectivity index (χ0v) is 15.1. The lowest BCUT2D eigenvalue weighted by atomic mass is 10.2. The highest BCUT2D eigenvalue weighted by Crippen LogP contribution is 2.13. The summed E-state index contributed by atoms with van der Waals surface area (Å²) in [6.07, 6.45) is 3.94. The summed E-state index contributed by atoms with van der Waals surface area (Å²) in [6, 6.07) is 10.5. The van der Waals surface area contributed by atoms with Gasteiger partial charge in [-0.05, 0) is 18.9 Å². The normalized spacial score (nSPS) is 11.5. The molecule has 0 amide bonds. The van der Waals surface area contributed by atoms with E-state index in [9.17, 15) is 0 Å². The first kappa shape index (κ1) is 17.5. The third-order valence-corrected chi connectivity index (χ3v) is 4.70. The molecule has 1 heterocycles. The molecule has 0 radical (unpaired) electrons. The van der Waals surface area contributed by atoms with Crippen molar-refractivity contribution in [1.29, 1.82) is 0 Å². The molecule has 0 fully saturated rings. The van der Waals surface area contributed by atoms with Gasteiger partial charge in [-0.3, -0.25) is 4.99 Å². The molecule has 0 bridgehead atoms. The second-order valence-corrected chi connectivity index (χ2v) is 6.60. The third kappa shape index (κ3) is 5.67. The minimum absolute atomic E-state index is 0.762. The standard InChI is InChI=1S/C18H26N4S/c1-4-16-13-21-17(23-16)11-12-20-18(19-5-2)22(3)14-15-9-7-6-8-10-15/h6-10,13H,4-5,11-12,14H2,1-3H3,(H,19,20). The third-order valence-electron chi connectivity index (χ3n) is 3.50. The van der Waals surface area contributed by atoms with Crippen molar-refractivity contribution < 1.29 is 0 Å². The van der Waals surface area contributed by atoms with E-state index in [1.54, 1.807) is 11.3 Å². The van der Waals surface area contributed by atoms with Gasteiger partial charge in [-0.25, -0.2) is 4.98 Å². The van der Waals surface area contributed by atoms with Crippen LogP contribution in [0.4, 0.5) is 0 Å². The average molecular weight is 331 g/mol. The van der Waals surface area contributed by atoms with E-state index in [1.807, 2.05) is 12.3 Å². The number of hydrogen-bond donors (Lipinski definition) is 1. The predicted molar refractivity (Wildman–Crippen MR) is 99.1 cm³/mol.